The van der Waals surface area contributed by atoms with Gasteiger partial charge in [0.15, 0.2) is 0 Å². The number of carbonyl (C=O) groups excluding carboxylic acids is 1. The molecule has 0 aliphatic heterocycles. The molecule has 0 aliphatic carbocycles. The smallest absolute Gasteiger partial charge is 0.252 e. The Bertz CT molecular complexity index is 1120. The molecule has 0 atom stereocenters. The fourth-order valence-electron chi connectivity index (χ4n) is 3.38. The lowest BCUT2D eigenvalue weighted by molar-refractivity contribution is 0.0947. The van der Waals surface area contributed by atoms with E-state index in [9.17, 15) is 13.2 Å². The summed E-state index contributed by atoms with van der Waals surface area (Å²) in [6.07, 6.45) is 0. The molecule has 0 bridgehead atoms. The van der Waals surface area contributed by atoms with Crippen molar-refractivity contribution in [2.24, 2.45) is 0 Å². The fourth-order valence-corrected chi connectivity index (χ4v) is 4.52. The Kier molecular flexibility index (Phi) is 6.84. The fraction of sp³-hybridized carbons (Fsp3) is 0.208. The molecule has 0 heterocycles. The number of nitrogens with one attached hydrogen (secondary N) is 1. The van der Waals surface area contributed by atoms with E-state index < -0.39 is 21.3 Å². The van der Waals surface area contributed by atoms with Crippen molar-refractivity contribution in [3.8, 4) is 0 Å². The van der Waals surface area contributed by atoms with Gasteiger partial charge in [-0.25, -0.2) is 12.7 Å². The van der Waals surface area contributed by atoms with Crippen LogP contribution in [0.2, 0.25) is 5.02 Å². The van der Waals surface area contributed by atoms with Crippen LogP contribution in [0.1, 0.15) is 28.4 Å². The summed E-state index contributed by atoms with van der Waals surface area (Å²) in [7, 11) is -0.806. The number of halogens is 1. The van der Waals surface area contributed by atoms with Crippen LogP contribution in [0.15, 0.2) is 83.8 Å². The zero-order valence-electron chi connectivity index (χ0n) is 17.7. The van der Waals surface area contributed by atoms with Crippen LogP contribution in [-0.4, -0.2) is 39.3 Å². The quantitative estimate of drug-likeness (QED) is 0.575. The number of sulfonamides is 1. The lowest BCUT2D eigenvalue weighted by atomic mass is 9.76. The molecule has 0 spiro atoms. The standard InChI is InChI=1S/C24H25ClN2O3S/c1-24(18-10-6-4-7-11-18,19-12-8-5-9-13-19)17-26-23(28)21-16-20(14-15-22(21)25)31(29,30)27(2)3/h4-16H,17H2,1-3H3,(H,26,28). The molecule has 5 nitrogen and oxygen atoms in total. The van der Waals surface area contributed by atoms with Crippen molar-refractivity contribution in [2.45, 2.75) is 17.2 Å². The van der Waals surface area contributed by atoms with Gasteiger partial charge in [-0.2, -0.15) is 0 Å². The maximum atomic E-state index is 13.0. The molecular formula is C24H25ClN2O3S. The number of benzene rings is 3. The van der Waals surface area contributed by atoms with Gasteiger partial charge in [0.2, 0.25) is 10.0 Å². The van der Waals surface area contributed by atoms with Gasteiger partial charge in [0.25, 0.3) is 5.91 Å². The van der Waals surface area contributed by atoms with Crippen molar-refractivity contribution in [1.82, 2.24) is 9.62 Å². The van der Waals surface area contributed by atoms with Crippen LogP contribution in [0.5, 0.6) is 0 Å². The third-order valence-electron chi connectivity index (χ3n) is 5.39. The summed E-state index contributed by atoms with van der Waals surface area (Å²) < 4.78 is 26.0. The first-order chi connectivity index (χ1) is 14.7. The Labute approximate surface area is 188 Å². The summed E-state index contributed by atoms with van der Waals surface area (Å²) in [6.45, 7) is 2.37. The van der Waals surface area contributed by atoms with E-state index >= 15 is 0 Å². The zero-order chi connectivity index (χ0) is 22.6. The average Bonchev–Trinajstić information content (AvgIpc) is 2.78. The summed E-state index contributed by atoms with van der Waals surface area (Å²) >= 11 is 6.24. The zero-order valence-corrected chi connectivity index (χ0v) is 19.2. The van der Waals surface area contributed by atoms with Crippen molar-refractivity contribution in [3.05, 3.63) is 101 Å². The first kappa shape index (κ1) is 23.0. The van der Waals surface area contributed by atoms with Gasteiger partial charge in [-0.15, -0.1) is 0 Å². The Morgan fingerprint density at radius 3 is 1.94 bits per heavy atom. The van der Waals surface area contributed by atoms with Gasteiger partial charge < -0.3 is 5.32 Å². The van der Waals surface area contributed by atoms with Gasteiger partial charge >= 0.3 is 0 Å². The van der Waals surface area contributed by atoms with E-state index in [4.69, 9.17) is 11.6 Å². The number of nitrogens with zero attached hydrogens (tertiary/aromatic N) is 1. The number of hydrogen-bond donors (Lipinski definition) is 1. The van der Waals surface area contributed by atoms with E-state index in [1.807, 2.05) is 60.7 Å². The minimum absolute atomic E-state index is 0.0148. The molecular weight excluding hydrogens is 432 g/mol. The van der Waals surface area contributed by atoms with Gasteiger partial charge in [-0.05, 0) is 36.2 Å². The summed E-state index contributed by atoms with van der Waals surface area (Å²) in [5.74, 6) is -0.432. The Balaban J connectivity index is 1.92. The summed E-state index contributed by atoms with van der Waals surface area (Å²) in [6, 6.07) is 24.0. The molecule has 7 heteroatoms. The molecule has 0 aliphatic rings. The molecule has 1 amide bonds. The predicted octanol–water partition coefficient (Wildman–Crippen LogP) is 4.33. The summed E-state index contributed by atoms with van der Waals surface area (Å²) in [5.41, 5.74) is 1.74. The van der Waals surface area contributed by atoms with Crippen molar-refractivity contribution >= 4 is 27.5 Å². The van der Waals surface area contributed by atoms with Gasteiger partial charge in [0.1, 0.15) is 0 Å². The number of amides is 1. The average molecular weight is 457 g/mol. The highest BCUT2D eigenvalue weighted by Crippen LogP contribution is 2.31. The van der Waals surface area contributed by atoms with Crippen molar-refractivity contribution < 1.29 is 13.2 Å². The second-order valence-electron chi connectivity index (χ2n) is 7.68. The molecule has 0 saturated carbocycles. The Hall–Kier alpha value is -2.67. The van der Waals surface area contributed by atoms with E-state index in [1.165, 1.54) is 32.3 Å². The van der Waals surface area contributed by atoms with Crippen LogP contribution in [0.25, 0.3) is 0 Å². The Morgan fingerprint density at radius 2 is 1.45 bits per heavy atom. The number of rotatable bonds is 7. The predicted molar refractivity (Wildman–Crippen MR) is 124 cm³/mol. The van der Waals surface area contributed by atoms with Crippen LogP contribution in [0.3, 0.4) is 0 Å². The van der Waals surface area contributed by atoms with Gasteiger partial charge in [-0.1, -0.05) is 72.3 Å². The molecule has 1 N–H and O–H groups in total. The molecule has 0 fully saturated rings. The molecule has 3 aromatic rings. The third-order valence-corrected chi connectivity index (χ3v) is 7.53. The van der Waals surface area contributed by atoms with Crippen molar-refractivity contribution in [1.29, 1.82) is 0 Å². The van der Waals surface area contributed by atoms with E-state index in [1.54, 1.807) is 0 Å². The second kappa shape index (κ2) is 9.22. The molecule has 31 heavy (non-hydrogen) atoms. The molecule has 3 aromatic carbocycles. The lowest BCUT2D eigenvalue weighted by Gasteiger charge is -2.31. The normalized spacial score (nSPS) is 12.0. The first-order valence-electron chi connectivity index (χ1n) is 9.77. The second-order valence-corrected chi connectivity index (χ2v) is 10.2. The van der Waals surface area contributed by atoms with Gasteiger partial charge in [0.05, 0.1) is 15.5 Å². The van der Waals surface area contributed by atoms with Crippen molar-refractivity contribution in [2.75, 3.05) is 20.6 Å². The lowest BCUT2D eigenvalue weighted by Crippen LogP contribution is -2.39. The highest BCUT2D eigenvalue weighted by molar-refractivity contribution is 7.89. The first-order valence-corrected chi connectivity index (χ1v) is 11.6. The van der Waals surface area contributed by atoms with Gasteiger partial charge in [-0.3, -0.25) is 4.79 Å². The molecule has 0 radical (unpaired) electrons. The van der Waals surface area contributed by atoms with Crippen LogP contribution in [-0.2, 0) is 15.4 Å². The molecule has 0 aromatic heterocycles. The summed E-state index contributed by atoms with van der Waals surface area (Å²) in [5, 5.41) is 3.14. The molecule has 162 valence electrons. The Morgan fingerprint density at radius 1 is 0.935 bits per heavy atom. The largest absolute Gasteiger partial charge is 0.351 e. The van der Waals surface area contributed by atoms with Crippen LogP contribution >= 0.6 is 11.6 Å². The molecule has 3 rings (SSSR count). The summed E-state index contributed by atoms with van der Waals surface area (Å²) in [4.78, 5) is 13.0. The van der Waals surface area contributed by atoms with E-state index in [2.05, 4.69) is 12.2 Å². The maximum Gasteiger partial charge on any atom is 0.252 e. The van der Waals surface area contributed by atoms with E-state index in [-0.39, 0.29) is 15.5 Å². The van der Waals surface area contributed by atoms with Gasteiger partial charge in [0, 0.05) is 26.1 Å². The SMILES string of the molecule is CN(C)S(=O)(=O)c1ccc(Cl)c(C(=O)NCC(C)(c2ccccc2)c2ccccc2)c1. The van der Waals surface area contributed by atoms with Crippen molar-refractivity contribution in [3.63, 3.8) is 0 Å². The van der Waals surface area contributed by atoms with Crippen LogP contribution in [0.4, 0.5) is 0 Å². The van der Waals surface area contributed by atoms with E-state index in [0.29, 0.717) is 6.54 Å². The maximum absolute atomic E-state index is 13.0. The molecule has 0 unspecified atom stereocenters. The monoisotopic (exact) mass is 456 g/mol. The highest BCUT2D eigenvalue weighted by Gasteiger charge is 2.30. The molecule has 0 saturated heterocycles. The highest BCUT2D eigenvalue weighted by atomic mass is 35.5. The third kappa shape index (κ3) is 4.82. The van der Waals surface area contributed by atoms with Crippen LogP contribution in [0, 0.1) is 0 Å². The number of hydrogen-bond acceptors (Lipinski definition) is 3. The minimum Gasteiger partial charge on any atom is -0.351 e. The number of carbonyl (C=O) groups is 1. The topological polar surface area (TPSA) is 66.5 Å². The minimum atomic E-state index is -3.68. The van der Waals surface area contributed by atoms with Crippen LogP contribution < -0.4 is 5.32 Å². The van der Waals surface area contributed by atoms with E-state index in [0.717, 1.165) is 15.4 Å².